The van der Waals surface area contributed by atoms with Gasteiger partial charge in [-0.2, -0.15) is 0 Å². The molecule has 0 radical (unpaired) electrons. The molecule has 0 atom stereocenters. The van der Waals surface area contributed by atoms with E-state index in [4.69, 9.17) is 0 Å². The Balaban J connectivity index is 0.000000217. The first kappa shape index (κ1) is 11.7. The molecule has 0 heterocycles. The Hall–Kier alpha value is -0.260. The largest absolute Gasteiger partial charge is 0.0890 e. The molecule has 1 aliphatic carbocycles. The predicted molar refractivity (Wildman–Crippen MR) is 57.4 cm³/mol. The van der Waals surface area contributed by atoms with Crippen LogP contribution >= 0.6 is 0 Å². The lowest BCUT2D eigenvalue weighted by Gasteiger charge is -1.85. The molecule has 0 amide bonds. The van der Waals surface area contributed by atoms with Crippen LogP contribution in [0.5, 0.6) is 0 Å². The monoisotopic (exact) mass is 168 g/mol. The zero-order valence-electron chi connectivity index (χ0n) is 9.03. The van der Waals surface area contributed by atoms with Crippen LogP contribution in [0.15, 0.2) is 11.6 Å². The van der Waals surface area contributed by atoms with Crippen LogP contribution in [0.4, 0.5) is 0 Å². The third kappa shape index (κ3) is 9.74. The SMILES string of the molecule is C1CCCCCC1.CC=C(C)C. The van der Waals surface area contributed by atoms with Gasteiger partial charge in [-0.1, -0.05) is 56.6 Å². The molecule has 0 spiro atoms. The fourth-order valence-corrected chi connectivity index (χ4v) is 1.24. The molecule has 1 saturated carbocycles. The Morgan fingerprint density at radius 1 is 0.750 bits per heavy atom. The van der Waals surface area contributed by atoms with Crippen LogP contribution in [0, 0.1) is 0 Å². The second kappa shape index (κ2) is 8.83. The van der Waals surface area contributed by atoms with E-state index in [2.05, 4.69) is 19.9 Å². The van der Waals surface area contributed by atoms with E-state index in [-0.39, 0.29) is 0 Å². The van der Waals surface area contributed by atoms with Gasteiger partial charge in [0.15, 0.2) is 0 Å². The summed E-state index contributed by atoms with van der Waals surface area (Å²) in [6.45, 7) is 6.20. The van der Waals surface area contributed by atoms with E-state index in [9.17, 15) is 0 Å². The van der Waals surface area contributed by atoms with E-state index in [0.29, 0.717) is 0 Å². The molecule has 72 valence electrons. The van der Waals surface area contributed by atoms with Crippen molar-refractivity contribution < 1.29 is 0 Å². The van der Waals surface area contributed by atoms with Gasteiger partial charge in [-0.15, -0.1) is 0 Å². The van der Waals surface area contributed by atoms with E-state index in [1.165, 1.54) is 50.5 Å². The quantitative estimate of drug-likeness (QED) is 0.363. The van der Waals surface area contributed by atoms with E-state index < -0.39 is 0 Å². The van der Waals surface area contributed by atoms with Crippen molar-refractivity contribution in [2.24, 2.45) is 0 Å². The summed E-state index contributed by atoms with van der Waals surface area (Å²) in [4.78, 5) is 0. The average molecular weight is 168 g/mol. The lowest BCUT2D eigenvalue weighted by atomic mass is 10.2. The predicted octanol–water partition coefficient (Wildman–Crippen LogP) is 4.70. The Labute approximate surface area is 78.1 Å². The van der Waals surface area contributed by atoms with Gasteiger partial charge in [0.1, 0.15) is 0 Å². The van der Waals surface area contributed by atoms with Crippen molar-refractivity contribution >= 4 is 0 Å². The molecule has 1 fully saturated rings. The summed E-state index contributed by atoms with van der Waals surface area (Å²) in [5, 5.41) is 0. The van der Waals surface area contributed by atoms with Gasteiger partial charge >= 0.3 is 0 Å². The van der Waals surface area contributed by atoms with Gasteiger partial charge in [0.2, 0.25) is 0 Å². The molecule has 0 unspecified atom stereocenters. The molecular weight excluding hydrogens is 144 g/mol. The maximum absolute atomic E-state index is 2.08. The number of rotatable bonds is 0. The molecule has 0 bridgehead atoms. The van der Waals surface area contributed by atoms with Gasteiger partial charge in [-0.3, -0.25) is 0 Å². The third-order valence-corrected chi connectivity index (χ3v) is 2.33. The van der Waals surface area contributed by atoms with Crippen molar-refractivity contribution in [2.45, 2.75) is 65.7 Å². The molecule has 12 heavy (non-hydrogen) atoms. The molecular formula is C12H24. The minimum absolute atomic E-state index is 1.38. The average Bonchev–Trinajstić information content (AvgIpc) is 2.35. The Bertz CT molecular complexity index is 87.6. The summed E-state index contributed by atoms with van der Waals surface area (Å²) in [7, 11) is 0. The first-order valence-corrected chi connectivity index (χ1v) is 5.37. The standard InChI is InChI=1S/C7H14.C5H10/c1-2-4-6-7-5-3-1;1-4-5(2)3/h1-7H2;4H,1-3H3. The highest BCUT2D eigenvalue weighted by Gasteiger charge is 1.95. The highest BCUT2D eigenvalue weighted by atomic mass is 14.0. The molecule has 0 saturated heterocycles. The topological polar surface area (TPSA) is 0 Å². The maximum Gasteiger partial charge on any atom is -0.0442 e. The highest BCUT2D eigenvalue weighted by Crippen LogP contribution is 2.15. The number of hydrogen-bond donors (Lipinski definition) is 0. The first-order chi connectivity index (χ1) is 5.77. The van der Waals surface area contributed by atoms with Gasteiger partial charge in [-0.05, 0) is 20.8 Å². The van der Waals surface area contributed by atoms with Crippen LogP contribution in [0.2, 0.25) is 0 Å². The second-order valence-electron chi connectivity index (χ2n) is 3.84. The molecule has 0 aliphatic heterocycles. The van der Waals surface area contributed by atoms with Crippen molar-refractivity contribution in [3.63, 3.8) is 0 Å². The Morgan fingerprint density at radius 3 is 1.00 bits per heavy atom. The minimum atomic E-state index is 1.38. The van der Waals surface area contributed by atoms with E-state index >= 15 is 0 Å². The van der Waals surface area contributed by atoms with E-state index in [1.807, 2.05) is 6.92 Å². The lowest BCUT2D eigenvalue weighted by Crippen LogP contribution is -1.66. The first-order valence-electron chi connectivity index (χ1n) is 5.37. The number of allylic oxidation sites excluding steroid dienone is 2. The fourth-order valence-electron chi connectivity index (χ4n) is 1.24. The van der Waals surface area contributed by atoms with Crippen LogP contribution in [-0.2, 0) is 0 Å². The lowest BCUT2D eigenvalue weighted by molar-refractivity contribution is 0.702. The van der Waals surface area contributed by atoms with Crippen molar-refractivity contribution in [3.8, 4) is 0 Å². The molecule has 0 heteroatoms. The summed E-state index contributed by atoms with van der Waals surface area (Å²) in [6.07, 6.45) is 12.6. The summed E-state index contributed by atoms with van der Waals surface area (Å²) in [5.41, 5.74) is 1.38. The Kier molecular flexibility index (Phi) is 8.64. The summed E-state index contributed by atoms with van der Waals surface area (Å²) < 4.78 is 0. The molecule has 0 N–H and O–H groups in total. The summed E-state index contributed by atoms with van der Waals surface area (Å²) in [5.74, 6) is 0. The fraction of sp³-hybridized carbons (Fsp3) is 0.833. The zero-order chi connectivity index (χ0) is 9.23. The molecule has 0 aromatic heterocycles. The van der Waals surface area contributed by atoms with E-state index in [0.717, 1.165) is 0 Å². The van der Waals surface area contributed by atoms with E-state index in [1.54, 1.807) is 0 Å². The number of hydrogen-bond acceptors (Lipinski definition) is 0. The summed E-state index contributed by atoms with van der Waals surface area (Å²) >= 11 is 0. The van der Waals surface area contributed by atoms with Crippen LogP contribution in [0.25, 0.3) is 0 Å². The highest BCUT2D eigenvalue weighted by molar-refractivity contribution is 4.88. The third-order valence-electron chi connectivity index (χ3n) is 2.33. The van der Waals surface area contributed by atoms with Crippen molar-refractivity contribution in [1.29, 1.82) is 0 Å². The Morgan fingerprint density at radius 2 is 0.917 bits per heavy atom. The van der Waals surface area contributed by atoms with Crippen LogP contribution in [-0.4, -0.2) is 0 Å². The maximum atomic E-state index is 2.08. The second-order valence-corrected chi connectivity index (χ2v) is 3.84. The molecule has 0 aromatic rings. The normalized spacial score (nSPS) is 16.9. The molecule has 1 aliphatic rings. The van der Waals surface area contributed by atoms with Gasteiger partial charge in [-0.25, -0.2) is 0 Å². The molecule has 0 nitrogen and oxygen atoms in total. The molecule has 1 rings (SSSR count). The van der Waals surface area contributed by atoms with Crippen LogP contribution in [0.1, 0.15) is 65.7 Å². The van der Waals surface area contributed by atoms with Crippen molar-refractivity contribution in [3.05, 3.63) is 11.6 Å². The van der Waals surface area contributed by atoms with Gasteiger partial charge < -0.3 is 0 Å². The van der Waals surface area contributed by atoms with Crippen LogP contribution in [0.3, 0.4) is 0 Å². The van der Waals surface area contributed by atoms with Crippen LogP contribution < -0.4 is 0 Å². The van der Waals surface area contributed by atoms with Crippen molar-refractivity contribution in [1.82, 2.24) is 0 Å². The van der Waals surface area contributed by atoms with Gasteiger partial charge in [0.05, 0.1) is 0 Å². The minimum Gasteiger partial charge on any atom is -0.0890 e. The summed E-state index contributed by atoms with van der Waals surface area (Å²) in [6, 6.07) is 0. The van der Waals surface area contributed by atoms with Gasteiger partial charge in [0, 0.05) is 0 Å². The van der Waals surface area contributed by atoms with Crippen molar-refractivity contribution in [2.75, 3.05) is 0 Å². The zero-order valence-corrected chi connectivity index (χ0v) is 9.03. The molecule has 0 aromatic carbocycles. The smallest absolute Gasteiger partial charge is 0.0442 e. The van der Waals surface area contributed by atoms with Gasteiger partial charge in [0.25, 0.3) is 0 Å².